The molecule has 0 amide bonds. The van der Waals surface area contributed by atoms with E-state index in [1.54, 1.807) is 0 Å². The minimum absolute atomic E-state index is 0.266. The Kier molecular flexibility index (Phi) is 2.95. The number of hydrogen-bond acceptors (Lipinski definition) is 5. The molecule has 0 spiro atoms. The molecule has 3 aromatic rings. The molecule has 5 nitrogen and oxygen atoms in total. The number of nitrogens with two attached hydrogens (primary N) is 1. The molecule has 1 aromatic carbocycles. The molecule has 100 valence electrons. The second kappa shape index (κ2) is 4.77. The number of hydrogen-bond donors (Lipinski definition) is 2. The van der Waals surface area contributed by atoms with Crippen LogP contribution in [0.4, 0.5) is 17.5 Å². The summed E-state index contributed by atoms with van der Waals surface area (Å²) >= 11 is 0. The summed E-state index contributed by atoms with van der Waals surface area (Å²) in [5, 5.41) is 4.35. The topological polar surface area (TPSA) is 76.7 Å². The van der Waals surface area contributed by atoms with Gasteiger partial charge in [-0.25, -0.2) is 4.98 Å². The maximum absolute atomic E-state index is 5.68. The second-order valence-corrected chi connectivity index (χ2v) is 4.71. The van der Waals surface area contributed by atoms with Crippen LogP contribution in [0.1, 0.15) is 11.4 Å². The Morgan fingerprint density at radius 2 is 1.70 bits per heavy atom. The van der Waals surface area contributed by atoms with Gasteiger partial charge in [0.1, 0.15) is 5.82 Å². The normalized spacial score (nSPS) is 10.7. The number of nitrogen functional groups attached to an aromatic ring is 1. The molecule has 0 bridgehead atoms. The van der Waals surface area contributed by atoms with Gasteiger partial charge in [-0.05, 0) is 26.0 Å². The number of benzene rings is 1. The molecule has 0 radical (unpaired) electrons. The number of rotatable bonds is 2. The molecule has 0 aliphatic rings. The van der Waals surface area contributed by atoms with E-state index in [0.717, 1.165) is 28.0 Å². The van der Waals surface area contributed by atoms with Gasteiger partial charge in [-0.15, -0.1) is 0 Å². The molecule has 0 fully saturated rings. The highest BCUT2D eigenvalue weighted by Gasteiger charge is 2.06. The van der Waals surface area contributed by atoms with Crippen LogP contribution in [0.25, 0.3) is 10.9 Å². The molecule has 5 heteroatoms. The van der Waals surface area contributed by atoms with Crippen molar-refractivity contribution in [3.05, 3.63) is 47.8 Å². The SMILES string of the molecule is Cc1cc(Nc2cc(C)nc3ccccc23)nc(N)n1. The standard InChI is InChI=1S/C15H15N5/c1-9-7-13(11-5-3-4-6-12(11)17-9)19-14-8-10(2)18-15(16)20-14/h3-8H,1-2H3,(H3,16,17,18,19,20). The molecule has 20 heavy (non-hydrogen) atoms. The summed E-state index contributed by atoms with van der Waals surface area (Å²) in [5.74, 6) is 0.952. The molecule has 0 aliphatic heterocycles. The lowest BCUT2D eigenvalue weighted by Crippen LogP contribution is -2.02. The molecule has 3 rings (SSSR count). The number of nitrogens with zero attached hydrogens (tertiary/aromatic N) is 3. The van der Waals surface area contributed by atoms with Crippen molar-refractivity contribution in [2.45, 2.75) is 13.8 Å². The van der Waals surface area contributed by atoms with Crippen molar-refractivity contribution in [2.24, 2.45) is 0 Å². The highest BCUT2D eigenvalue weighted by molar-refractivity contribution is 5.92. The maximum Gasteiger partial charge on any atom is 0.222 e. The molecule has 2 aromatic heterocycles. The van der Waals surface area contributed by atoms with Crippen molar-refractivity contribution < 1.29 is 0 Å². The van der Waals surface area contributed by atoms with E-state index in [2.05, 4.69) is 20.3 Å². The zero-order valence-electron chi connectivity index (χ0n) is 11.4. The molecule has 2 heterocycles. The third-order valence-corrected chi connectivity index (χ3v) is 2.98. The minimum atomic E-state index is 0.266. The molecular weight excluding hydrogens is 250 g/mol. The van der Waals surface area contributed by atoms with Crippen molar-refractivity contribution in [1.82, 2.24) is 15.0 Å². The molecule has 3 N–H and O–H groups in total. The first-order valence-corrected chi connectivity index (χ1v) is 6.36. The number of aryl methyl sites for hydroxylation is 2. The van der Waals surface area contributed by atoms with Crippen LogP contribution < -0.4 is 11.1 Å². The van der Waals surface area contributed by atoms with Gasteiger partial charge in [-0.3, -0.25) is 4.98 Å². The lowest BCUT2D eigenvalue weighted by atomic mass is 10.1. The van der Waals surface area contributed by atoms with Crippen LogP contribution in [0.15, 0.2) is 36.4 Å². The Hall–Kier alpha value is -2.69. The van der Waals surface area contributed by atoms with E-state index in [1.165, 1.54) is 0 Å². The summed E-state index contributed by atoms with van der Waals surface area (Å²) in [6.45, 7) is 3.86. The van der Waals surface area contributed by atoms with Crippen LogP contribution in [0, 0.1) is 13.8 Å². The average molecular weight is 265 g/mol. The van der Waals surface area contributed by atoms with Gasteiger partial charge in [0.05, 0.1) is 11.2 Å². The van der Waals surface area contributed by atoms with Gasteiger partial charge < -0.3 is 11.1 Å². The van der Waals surface area contributed by atoms with Gasteiger partial charge in [0, 0.05) is 22.8 Å². The zero-order valence-corrected chi connectivity index (χ0v) is 11.4. The Morgan fingerprint density at radius 3 is 2.50 bits per heavy atom. The molecule has 0 saturated heterocycles. The van der Waals surface area contributed by atoms with Gasteiger partial charge in [0.25, 0.3) is 0 Å². The van der Waals surface area contributed by atoms with Gasteiger partial charge in [0.2, 0.25) is 5.95 Å². The molecule has 0 unspecified atom stereocenters. The predicted octanol–water partition coefficient (Wildman–Crippen LogP) is 2.97. The van der Waals surface area contributed by atoms with Crippen LogP contribution in [0.3, 0.4) is 0 Å². The quantitative estimate of drug-likeness (QED) is 0.745. The smallest absolute Gasteiger partial charge is 0.222 e. The van der Waals surface area contributed by atoms with Crippen molar-refractivity contribution in [3.63, 3.8) is 0 Å². The van der Waals surface area contributed by atoms with Crippen LogP contribution >= 0.6 is 0 Å². The van der Waals surface area contributed by atoms with Gasteiger partial charge in [-0.2, -0.15) is 4.98 Å². The monoisotopic (exact) mass is 265 g/mol. The third kappa shape index (κ3) is 2.38. The van der Waals surface area contributed by atoms with Crippen LogP contribution in [0.2, 0.25) is 0 Å². The van der Waals surface area contributed by atoms with E-state index in [1.807, 2.05) is 50.2 Å². The van der Waals surface area contributed by atoms with E-state index < -0.39 is 0 Å². The predicted molar refractivity (Wildman–Crippen MR) is 80.9 cm³/mol. The van der Waals surface area contributed by atoms with Gasteiger partial charge in [-0.1, -0.05) is 18.2 Å². The summed E-state index contributed by atoms with van der Waals surface area (Å²) in [4.78, 5) is 12.8. The molecule has 0 atom stereocenters. The van der Waals surface area contributed by atoms with Gasteiger partial charge >= 0.3 is 0 Å². The Morgan fingerprint density at radius 1 is 0.950 bits per heavy atom. The van der Waals surface area contributed by atoms with Crippen LogP contribution in [0.5, 0.6) is 0 Å². The van der Waals surface area contributed by atoms with Crippen molar-refractivity contribution in [2.75, 3.05) is 11.1 Å². The van der Waals surface area contributed by atoms with Gasteiger partial charge in [0.15, 0.2) is 0 Å². The molecular formula is C15H15N5. The number of para-hydroxylation sites is 1. The lowest BCUT2D eigenvalue weighted by Gasteiger charge is -2.10. The van der Waals surface area contributed by atoms with E-state index in [-0.39, 0.29) is 5.95 Å². The number of fused-ring (bicyclic) bond motifs is 1. The van der Waals surface area contributed by atoms with Crippen molar-refractivity contribution in [1.29, 1.82) is 0 Å². The number of nitrogens with one attached hydrogen (secondary N) is 1. The highest BCUT2D eigenvalue weighted by Crippen LogP contribution is 2.25. The average Bonchev–Trinajstić information content (AvgIpc) is 2.37. The third-order valence-electron chi connectivity index (χ3n) is 2.98. The minimum Gasteiger partial charge on any atom is -0.368 e. The number of pyridine rings is 1. The van der Waals surface area contributed by atoms with E-state index in [0.29, 0.717) is 5.82 Å². The zero-order chi connectivity index (χ0) is 14.1. The Labute approximate surface area is 116 Å². The summed E-state index contributed by atoms with van der Waals surface area (Å²) in [6.07, 6.45) is 0. The van der Waals surface area contributed by atoms with Crippen LogP contribution in [-0.4, -0.2) is 15.0 Å². The van der Waals surface area contributed by atoms with E-state index in [9.17, 15) is 0 Å². The maximum atomic E-state index is 5.68. The number of anilines is 3. The fourth-order valence-corrected chi connectivity index (χ4v) is 2.20. The molecule has 0 aliphatic carbocycles. The summed E-state index contributed by atoms with van der Waals surface area (Å²) in [6, 6.07) is 11.8. The fourth-order valence-electron chi connectivity index (χ4n) is 2.20. The molecule has 0 saturated carbocycles. The Bertz CT molecular complexity index is 762. The first kappa shape index (κ1) is 12.3. The van der Waals surface area contributed by atoms with Crippen LogP contribution in [-0.2, 0) is 0 Å². The number of aromatic nitrogens is 3. The second-order valence-electron chi connectivity index (χ2n) is 4.71. The van der Waals surface area contributed by atoms with Crippen molar-refractivity contribution in [3.8, 4) is 0 Å². The van der Waals surface area contributed by atoms with Crippen molar-refractivity contribution >= 4 is 28.4 Å². The Balaban J connectivity index is 2.10. The lowest BCUT2D eigenvalue weighted by molar-refractivity contribution is 1.12. The summed E-state index contributed by atoms with van der Waals surface area (Å²) < 4.78 is 0. The summed E-state index contributed by atoms with van der Waals surface area (Å²) in [5.41, 5.74) is 9.37. The van der Waals surface area contributed by atoms with E-state index in [4.69, 9.17) is 5.73 Å². The first-order chi connectivity index (χ1) is 9.61. The fraction of sp³-hybridized carbons (Fsp3) is 0.133. The van der Waals surface area contributed by atoms with E-state index >= 15 is 0 Å². The highest BCUT2D eigenvalue weighted by atomic mass is 15.1. The first-order valence-electron chi connectivity index (χ1n) is 6.36. The largest absolute Gasteiger partial charge is 0.368 e. The summed E-state index contributed by atoms with van der Waals surface area (Å²) in [7, 11) is 0.